The number of ether oxygens (including phenoxy) is 1. The van der Waals surface area contributed by atoms with Gasteiger partial charge in [-0.2, -0.15) is 0 Å². The van der Waals surface area contributed by atoms with E-state index in [0.29, 0.717) is 11.3 Å². The molecule has 0 fully saturated rings. The minimum absolute atomic E-state index is 0.209. The van der Waals surface area contributed by atoms with Crippen molar-refractivity contribution >= 4 is 33.9 Å². The Balaban J connectivity index is 1.47. The van der Waals surface area contributed by atoms with Gasteiger partial charge in [0.2, 0.25) is 0 Å². The van der Waals surface area contributed by atoms with Crippen LogP contribution in [0.15, 0.2) is 60.4 Å². The summed E-state index contributed by atoms with van der Waals surface area (Å²) in [5, 5.41) is 4.76. The van der Waals surface area contributed by atoms with Gasteiger partial charge in [-0.1, -0.05) is 12.1 Å². The average molecular weight is 378 g/mol. The van der Waals surface area contributed by atoms with Crippen LogP contribution >= 0.6 is 11.3 Å². The lowest BCUT2D eigenvalue weighted by molar-refractivity contribution is 0.0600. The number of nitrogens with zero attached hydrogens (tertiary/aromatic N) is 3. The zero-order chi connectivity index (χ0) is 18.8. The van der Waals surface area contributed by atoms with Crippen molar-refractivity contribution in [3.05, 3.63) is 71.6 Å². The molecule has 0 aliphatic heterocycles. The summed E-state index contributed by atoms with van der Waals surface area (Å²) in [4.78, 5) is 33.2. The van der Waals surface area contributed by atoms with Gasteiger partial charge < -0.3 is 10.1 Å². The van der Waals surface area contributed by atoms with Crippen LogP contribution in [0.5, 0.6) is 0 Å². The van der Waals surface area contributed by atoms with Gasteiger partial charge in [0.1, 0.15) is 5.69 Å². The SMILES string of the molecule is COC(=O)c1ccc(C(=O)Nc2ccc(-c3cn4ccsc4n3)cc2)nc1. The Labute approximate surface area is 158 Å². The summed E-state index contributed by atoms with van der Waals surface area (Å²) in [7, 11) is 1.29. The summed E-state index contributed by atoms with van der Waals surface area (Å²) in [6, 6.07) is 10.4. The number of thiazole rings is 1. The summed E-state index contributed by atoms with van der Waals surface area (Å²) in [5.41, 5.74) is 2.98. The molecule has 134 valence electrons. The summed E-state index contributed by atoms with van der Waals surface area (Å²) in [6.07, 6.45) is 5.24. The number of imidazole rings is 1. The zero-order valence-electron chi connectivity index (χ0n) is 14.2. The van der Waals surface area contributed by atoms with Crippen LogP contribution in [0.2, 0.25) is 0 Å². The van der Waals surface area contributed by atoms with E-state index in [4.69, 9.17) is 0 Å². The van der Waals surface area contributed by atoms with Crippen molar-refractivity contribution in [1.29, 1.82) is 0 Å². The van der Waals surface area contributed by atoms with E-state index in [1.54, 1.807) is 11.3 Å². The van der Waals surface area contributed by atoms with E-state index in [-0.39, 0.29) is 11.6 Å². The van der Waals surface area contributed by atoms with Crippen LogP contribution < -0.4 is 5.32 Å². The van der Waals surface area contributed by atoms with Gasteiger partial charge in [-0.05, 0) is 24.3 Å². The quantitative estimate of drug-likeness (QED) is 0.550. The number of rotatable bonds is 4. The largest absolute Gasteiger partial charge is 0.465 e. The lowest BCUT2D eigenvalue weighted by Gasteiger charge is -2.06. The Morgan fingerprint density at radius 2 is 1.96 bits per heavy atom. The Kier molecular flexibility index (Phi) is 4.39. The first kappa shape index (κ1) is 16.9. The molecule has 8 heteroatoms. The third-order valence-corrected chi connectivity index (χ3v) is 4.72. The highest BCUT2D eigenvalue weighted by atomic mass is 32.1. The summed E-state index contributed by atoms with van der Waals surface area (Å²) in [6.45, 7) is 0. The molecule has 0 aliphatic rings. The number of esters is 1. The number of methoxy groups -OCH3 is 1. The summed E-state index contributed by atoms with van der Waals surface area (Å²) in [5.74, 6) is -0.856. The number of hydrogen-bond donors (Lipinski definition) is 1. The molecule has 7 nitrogen and oxygen atoms in total. The third kappa shape index (κ3) is 3.42. The first-order valence-corrected chi connectivity index (χ1v) is 8.90. The second kappa shape index (κ2) is 7.00. The van der Waals surface area contributed by atoms with Gasteiger partial charge in [0.25, 0.3) is 5.91 Å². The molecule has 3 aromatic heterocycles. The van der Waals surface area contributed by atoms with Crippen LogP contribution in [0.25, 0.3) is 16.2 Å². The number of carbonyl (C=O) groups is 2. The van der Waals surface area contributed by atoms with Gasteiger partial charge in [-0.15, -0.1) is 11.3 Å². The maximum atomic E-state index is 12.3. The van der Waals surface area contributed by atoms with Crippen molar-refractivity contribution in [2.75, 3.05) is 12.4 Å². The number of fused-ring (bicyclic) bond motifs is 1. The predicted octanol–water partition coefficient (Wildman–Crippen LogP) is 3.50. The van der Waals surface area contributed by atoms with Gasteiger partial charge in [-0.25, -0.2) is 9.78 Å². The van der Waals surface area contributed by atoms with Gasteiger partial charge >= 0.3 is 5.97 Å². The van der Waals surface area contributed by atoms with Crippen LogP contribution in [-0.2, 0) is 4.74 Å². The monoisotopic (exact) mass is 378 g/mol. The molecule has 4 rings (SSSR count). The normalized spacial score (nSPS) is 10.7. The average Bonchev–Trinajstić information content (AvgIpc) is 3.30. The predicted molar refractivity (Wildman–Crippen MR) is 102 cm³/mol. The fraction of sp³-hybridized carbons (Fsp3) is 0.0526. The number of benzene rings is 1. The summed E-state index contributed by atoms with van der Waals surface area (Å²) < 4.78 is 6.58. The van der Waals surface area contributed by atoms with Gasteiger partial charge in [0, 0.05) is 35.2 Å². The van der Waals surface area contributed by atoms with Crippen molar-refractivity contribution in [3.63, 3.8) is 0 Å². The molecule has 0 saturated heterocycles. The Morgan fingerprint density at radius 1 is 1.15 bits per heavy atom. The Morgan fingerprint density at radius 3 is 2.63 bits per heavy atom. The number of pyridine rings is 1. The molecule has 0 aliphatic carbocycles. The van der Waals surface area contributed by atoms with Gasteiger partial charge in [0.05, 0.1) is 18.4 Å². The van der Waals surface area contributed by atoms with Crippen LogP contribution in [0, 0.1) is 0 Å². The van der Waals surface area contributed by atoms with Gasteiger partial charge in [-0.3, -0.25) is 14.2 Å². The Bertz CT molecular complexity index is 1090. The highest BCUT2D eigenvalue weighted by Gasteiger charge is 2.11. The van der Waals surface area contributed by atoms with E-state index in [0.717, 1.165) is 16.2 Å². The molecule has 3 heterocycles. The van der Waals surface area contributed by atoms with E-state index < -0.39 is 5.97 Å². The number of anilines is 1. The minimum Gasteiger partial charge on any atom is -0.465 e. The molecule has 27 heavy (non-hydrogen) atoms. The highest BCUT2D eigenvalue weighted by molar-refractivity contribution is 7.15. The van der Waals surface area contributed by atoms with Crippen molar-refractivity contribution < 1.29 is 14.3 Å². The molecule has 0 bridgehead atoms. The molecule has 1 N–H and O–H groups in total. The highest BCUT2D eigenvalue weighted by Crippen LogP contribution is 2.23. The maximum Gasteiger partial charge on any atom is 0.339 e. The van der Waals surface area contributed by atoms with E-state index in [1.807, 2.05) is 46.4 Å². The number of carbonyl (C=O) groups excluding carboxylic acids is 2. The first-order chi connectivity index (χ1) is 13.1. The van der Waals surface area contributed by atoms with Gasteiger partial charge in [0.15, 0.2) is 4.96 Å². The third-order valence-electron chi connectivity index (χ3n) is 3.95. The molecule has 1 aromatic carbocycles. The first-order valence-electron chi connectivity index (χ1n) is 8.02. The molecule has 0 unspecified atom stereocenters. The molecule has 0 atom stereocenters. The van der Waals surface area contributed by atoms with E-state index in [1.165, 1.54) is 25.4 Å². The van der Waals surface area contributed by atoms with Crippen molar-refractivity contribution in [2.45, 2.75) is 0 Å². The van der Waals surface area contributed by atoms with Crippen LogP contribution in [0.1, 0.15) is 20.8 Å². The fourth-order valence-corrected chi connectivity index (χ4v) is 3.25. The molecule has 0 spiro atoms. The molecule has 1 amide bonds. The topological polar surface area (TPSA) is 85.6 Å². The number of nitrogens with one attached hydrogen (secondary N) is 1. The molecular weight excluding hydrogens is 364 g/mol. The molecule has 4 aromatic rings. The van der Waals surface area contributed by atoms with E-state index >= 15 is 0 Å². The Hall–Kier alpha value is -3.52. The van der Waals surface area contributed by atoms with Crippen LogP contribution in [0.4, 0.5) is 5.69 Å². The van der Waals surface area contributed by atoms with Crippen LogP contribution in [-0.4, -0.2) is 33.4 Å². The fourth-order valence-electron chi connectivity index (χ4n) is 2.55. The van der Waals surface area contributed by atoms with Crippen molar-refractivity contribution in [2.24, 2.45) is 0 Å². The van der Waals surface area contributed by atoms with E-state index in [2.05, 4.69) is 20.0 Å². The number of hydrogen-bond acceptors (Lipinski definition) is 6. The lowest BCUT2D eigenvalue weighted by atomic mass is 10.1. The zero-order valence-corrected chi connectivity index (χ0v) is 15.1. The molecule has 0 radical (unpaired) electrons. The molecular formula is C19H14N4O3S. The molecule has 0 saturated carbocycles. The summed E-state index contributed by atoms with van der Waals surface area (Å²) >= 11 is 1.58. The van der Waals surface area contributed by atoms with Crippen LogP contribution in [0.3, 0.4) is 0 Å². The van der Waals surface area contributed by atoms with Crippen molar-refractivity contribution in [1.82, 2.24) is 14.4 Å². The second-order valence-corrected chi connectivity index (χ2v) is 6.55. The second-order valence-electron chi connectivity index (χ2n) is 5.67. The number of aromatic nitrogens is 3. The number of amides is 1. The maximum absolute atomic E-state index is 12.3. The van der Waals surface area contributed by atoms with E-state index in [9.17, 15) is 9.59 Å². The minimum atomic E-state index is -0.496. The smallest absolute Gasteiger partial charge is 0.339 e. The van der Waals surface area contributed by atoms with Crippen molar-refractivity contribution in [3.8, 4) is 11.3 Å². The lowest BCUT2D eigenvalue weighted by Crippen LogP contribution is -2.14. The standard InChI is InChI=1S/C19H14N4O3S/c1-26-18(25)13-4-7-15(20-10-13)17(24)21-14-5-2-12(3-6-14)16-11-23-8-9-27-19(23)22-16/h2-11H,1H3,(H,21,24).